The molecule has 0 radical (unpaired) electrons. The summed E-state index contributed by atoms with van der Waals surface area (Å²) in [6.07, 6.45) is 3.84. The second-order valence-corrected chi connectivity index (χ2v) is 9.67. The molecule has 3 rings (SSSR count). The van der Waals surface area contributed by atoms with Gasteiger partial charge in [-0.3, -0.25) is 4.79 Å². The second kappa shape index (κ2) is 9.62. The number of rotatable bonds is 6. The smallest absolute Gasteiger partial charge is 0.252 e. The Hall–Kier alpha value is -2.38. The normalized spacial score (nSPS) is 16.5. The first-order chi connectivity index (χ1) is 14.3. The van der Waals surface area contributed by atoms with Crippen LogP contribution in [0.5, 0.6) is 5.75 Å². The Morgan fingerprint density at radius 3 is 2.40 bits per heavy atom. The minimum Gasteiger partial charge on any atom is -0.496 e. The summed E-state index contributed by atoms with van der Waals surface area (Å²) in [6.45, 7) is 4.75. The van der Waals surface area contributed by atoms with Crippen LogP contribution < -0.4 is 10.1 Å². The highest BCUT2D eigenvalue weighted by molar-refractivity contribution is 7.89. The lowest BCUT2D eigenvalue weighted by Gasteiger charge is -2.21. The molecule has 7 heteroatoms. The minimum absolute atomic E-state index is 0.171. The maximum atomic E-state index is 13.1. The molecule has 0 aromatic heterocycles. The summed E-state index contributed by atoms with van der Waals surface area (Å²) >= 11 is 0. The van der Waals surface area contributed by atoms with Crippen LogP contribution in [-0.2, 0) is 10.0 Å². The fourth-order valence-electron chi connectivity index (χ4n) is 3.81. The van der Waals surface area contributed by atoms with E-state index in [0.29, 0.717) is 24.4 Å². The van der Waals surface area contributed by atoms with E-state index in [9.17, 15) is 13.2 Å². The Morgan fingerprint density at radius 2 is 1.73 bits per heavy atom. The van der Waals surface area contributed by atoms with Crippen molar-refractivity contribution in [1.82, 2.24) is 9.62 Å². The highest BCUT2D eigenvalue weighted by Crippen LogP contribution is 2.26. The van der Waals surface area contributed by atoms with Crippen LogP contribution in [0.4, 0.5) is 0 Å². The minimum atomic E-state index is -3.62. The van der Waals surface area contributed by atoms with Crippen molar-refractivity contribution in [1.29, 1.82) is 0 Å². The van der Waals surface area contributed by atoms with Crippen molar-refractivity contribution in [3.8, 4) is 5.75 Å². The first-order valence-electron chi connectivity index (χ1n) is 10.4. The van der Waals surface area contributed by atoms with Crippen LogP contribution in [0.25, 0.3) is 0 Å². The molecule has 1 amide bonds. The van der Waals surface area contributed by atoms with Crippen LogP contribution in [0.2, 0.25) is 0 Å². The lowest BCUT2D eigenvalue weighted by molar-refractivity contribution is 0.0938. The molecule has 2 aromatic rings. The zero-order valence-corrected chi connectivity index (χ0v) is 18.7. The number of para-hydroxylation sites is 1. The Bertz CT molecular complexity index is 996. The predicted molar refractivity (Wildman–Crippen MR) is 117 cm³/mol. The summed E-state index contributed by atoms with van der Waals surface area (Å²) in [5, 5.41) is 2.97. The summed E-state index contributed by atoms with van der Waals surface area (Å²) in [7, 11) is -2.02. The summed E-state index contributed by atoms with van der Waals surface area (Å²) in [5.74, 6) is 0.387. The molecule has 1 saturated heterocycles. The lowest BCUT2D eigenvalue weighted by atomic mass is 10.0. The number of hydrogen-bond acceptors (Lipinski definition) is 4. The summed E-state index contributed by atoms with van der Waals surface area (Å²) < 4.78 is 33.2. The molecule has 1 unspecified atom stereocenters. The van der Waals surface area contributed by atoms with Crippen molar-refractivity contribution in [2.24, 2.45) is 0 Å². The fraction of sp³-hybridized carbons (Fsp3) is 0.435. The number of methoxy groups -OCH3 is 1. The standard InChI is InChI=1S/C23H30N2O4S/c1-17-12-13-19(30(27,28)25-14-8-4-5-9-15-25)16-21(17)23(26)24-18(2)20-10-6-7-11-22(20)29-3/h6-7,10-13,16,18H,4-5,8-9,14-15H2,1-3H3,(H,24,26). The molecule has 30 heavy (non-hydrogen) atoms. The Balaban J connectivity index is 1.84. The van der Waals surface area contributed by atoms with Gasteiger partial charge in [-0.25, -0.2) is 8.42 Å². The number of ether oxygens (including phenoxy) is 1. The topological polar surface area (TPSA) is 75.7 Å². The molecule has 162 valence electrons. The number of benzene rings is 2. The fourth-order valence-corrected chi connectivity index (χ4v) is 5.36. The quantitative estimate of drug-likeness (QED) is 0.750. The van der Waals surface area contributed by atoms with Crippen LogP contribution >= 0.6 is 0 Å². The molecule has 1 aliphatic heterocycles. The zero-order valence-electron chi connectivity index (χ0n) is 17.8. The van der Waals surface area contributed by atoms with Gasteiger partial charge in [0, 0.05) is 24.2 Å². The van der Waals surface area contributed by atoms with Gasteiger partial charge in [-0.15, -0.1) is 0 Å². The first kappa shape index (κ1) is 22.3. The third kappa shape index (κ3) is 4.84. The van der Waals surface area contributed by atoms with Crippen molar-refractivity contribution in [3.05, 3.63) is 59.2 Å². The average molecular weight is 431 g/mol. The number of nitrogens with zero attached hydrogens (tertiary/aromatic N) is 1. The van der Waals surface area contributed by atoms with Crippen molar-refractivity contribution in [2.45, 2.75) is 50.5 Å². The maximum absolute atomic E-state index is 13.1. The van der Waals surface area contributed by atoms with Gasteiger partial charge in [0.2, 0.25) is 10.0 Å². The van der Waals surface area contributed by atoms with Gasteiger partial charge in [0.15, 0.2) is 0 Å². The van der Waals surface area contributed by atoms with Crippen LogP contribution in [0, 0.1) is 6.92 Å². The van der Waals surface area contributed by atoms with E-state index in [0.717, 1.165) is 36.8 Å². The molecule has 0 spiro atoms. The molecular weight excluding hydrogens is 400 g/mol. The molecular formula is C23H30N2O4S. The van der Waals surface area contributed by atoms with Gasteiger partial charge in [0.05, 0.1) is 18.0 Å². The zero-order chi connectivity index (χ0) is 21.7. The summed E-state index contributed by atoms with van der Waals surface area (Å²) in [4.78, 5) is 13.2. The van der Waals surface area contributed by atoms with E-state index in [-0.39, 0.29) is 16.8 Å². The Labute approximate surface area is 179 Å². The number of nitrogens with one attached hydrogen (secondary N) is 1. The van der Waals surface area contributed by atoms with E-state index in [1.807, 2.05) is 38.1 Å². The monoisotopic (exact) mass is 430 g/mol. The number of sulfonamides is 1. The van der Waals surface area contributed by atoms with Crippen molar-refractivity contribution in [2.75, 3.05) is 20.2 Å². The van der Waals surface area contributed by atoms with E-state index in [4.69, 9.17) is 4.74 Å². The summed E-state index contributed by atoms with van der Waals surface area (Å²) in [6, 6.07) is 12.0. The van der Waals surface area contributed by atoms with Gasteiger partial charge >= 0.3 is 0 Å². The highest BCUT2D eigenvalue weighted by atomic mass is 32.2. The van der Waals surface area contributed by atoms with Gasteiger partial charge in [-0.1, -0.05) is 37.1 Å². The number of aryl methyl sites for hydroxylation is 1. The predicted octanol–water partition coefficient (Wildman–Crippen LogP) is 4.06. The Morgan fingerprint density at radius 1 is 1.07 bits per heavy atom. The van der Waals surface area contributed by atoms with Gasteiger partial charge in [0.1, 0.15) is 5.75 Å². The van der Waals surface area contributed by atoms with E-state index >= 15 is 0 Å². The van der Waals surface area contributed by atoms with Crippen molar-refractivity contribution < 1.29 is 17.9 Å². The molecule has 0 aliphatic carbocycles. The molecule has 1 fully saturated rings. The molecule has 0 bridgehead atoms. The van der Waals surface area contributed by atoms with Gasteiger partial charge in [-0.05, 0) is 50.5 Å². The lowest BCUT2D eigenvalue weighted by Crippen LogP contribution is -2.32. The third-order valence-corrected chi connectivity index (χ3v) is 7.50. The molecule has 1 atom stereocenters. The van der Waals surface area contributed by atoms with E-state index in [2.05, 4.69) is 5.32 Å². The van der Waals surface area contributed by atoms with Crippen LogP contribution in [-0.4, -0.2) is 38.8 Å². The van der Waals surface area contributed by atoms with Crippen LogP contribution in [0.3, 0.4) is 0 Å². The molecule has 1 N–H and O–H groups in total. The highest BCUT2D eigenvalue weighted by Gasteiger charge is 2.26. The van der Waals surface area contributed by atoms with Gasteiger partial charge < -0.3 is 10.1 Å². The van der Waals surface area contributed by atoms with Crippen molar-refractivity contribution in [3.63, 3.8) is 0 Å². The van der Waals surface area contributed by atoms with Crippen LogP contribution in [0.1, 0.15) is 60.1 Å². The first-order valence-corrected chi connectivity index (χ1v) is 11.8. The number of carbonyl (C=O) groups is 1. The Kier molecular flexibility index (Phi) is 7.15. The molecule has 0 saturated carbocycles. The van der Waals surface area contributed by atoms with Crippen molar-refractivity contribution >= 4 is 15.9 Å². The summed E-state index contributed by atoms with van der Waals surface area (Å²) in [5.41, 5.74) is 1.96. The SMILES string of the molecule is COc1ccccc1C(C)NC(=O)c1cc(S(=O)(=O)N2CCCCCC2)ccc1C. The maximum Gasteiger partial charge on any atom is 0.252 e. The van der Waals surface area contributed by atoms with E-state index < -0.39 is 10.0 Å². The molecule has 1 heterocycles. The van der Waals surface area contributed by atoms with Gasteiger partial charge in [0.25, 0.3) is 5.91 Å². The second-order valence-electron chi connectivity index (χ2n) is 7.73. The van der Waals surface area contributed by atoms with E-state index in [1.54, 1.807) is 23.5 Å². The number of amides is 1. The largest absolute Gasteiger partial charge is 0.496 e. The van der Waals surface area contributed by atoms with E-state index in [1.165, 1.54) is 6.07 Å². The molecule has 2 aromatic carbocycles. The molecule has 6 nitrogen and oxygen atoms in total. The third-order valence-electron chi connectivity index (χ3n) is 5.61. The number of carbonyl (C=O) groups excluding carboxylic acids is 1. The molecule has 1 aliphatic rings. The van der Waals surface area contributed by atoms with Crippen LogP contribution in [0.15, 0.2) is 47.4 Å². The number of hydrogen-bond donors (Lipinski definition) is 1. The van der Waals surface area contributed by atoms with Gasteiger partial charge in [-0.2, -0.15) is 4.31 Å². The average Bonchev–Trinajstić information content (AvgIpc) is 3.04.